The van der Waals surface area contributed by atoms with Crippen molar-refractivity contribution in [2.45, 2.75) is 26.8 Å². The van der Waals surface area contributed by atoms with E-state index in [9.17, 15) is 4.79 Å². The molecule has 106 valence electrons. The van der Waals surface area contributed by atoms with Crippen molar-refractivity contribution in [1.82, 2.24) is 10.3 Å². The lowest BCUT2D eigenvalue weighted by molar-refractivity contribution is -0.123. The summed E-state index contributed by atoms with van der Waals surface area (Å²) in [5, 5.41) is 3.91. The van der Waals surface area contributed by atoms with Crippen LogP contribution in [0.1, 0.15) is 20.8 Å². The van der Waals surface area contributed by atoms with Crippen LogP contribution in [0.3, 0.4) is 0 Å². The first-order chi connectivity index (χ1) is 9.58. The third-order valence-corrected chi connectivity index (χ3v) is 3.34. The Morgan fingerprint density at radius 3 is 2.75 bits per heavy atom. The summed E-state index contributed by atoms with van der Waals surface area (Å²) in [5.41, 5.74) is 0.778. The van der Waals surface area contributed by atoms with Crippen molar-refractivity contribution in [2.75, 3.05) is 6.61 Å². The highest BCUT2D eigenvalue weighted by atomic mass is 16.5. The standard InChI is InChI=1S/C16H20N2O2/c1-11(2)12(3)18-15(19)10-20-14-8-4-6-13-7-5-9-17-16(13)14/h4-9,11-12H,10H2,1-3H3,(H,18,19)/t12-/m1/s1. The Morgan fingerprint density at radius 2 is 2.00 bits per heavy atom. The normalized spacial score (nSPS) is 12.4. The monoisotopic (exact) mass is 272 g/mol. The number of fused-ring (bicyclic) bond motifs is 1. The number of carbonyl (C=O) groups excluding carboxylic acids is 1. The van der Waals surface area contributed by atoms with E-state index in [0.717, 1.165) is 10.9 Å². The third kappa shape index (κ3) is 3.47. The number of aromatic nitrogens is 1. The molecule has 0 unspecified atom stereocenters. The molecular weight excluding hydrogens is 252 g/mol. The van der Waals surface area contributed by atoms with Gasteiger partial charge in [-0.2, -0.15) is 0 Å². The van der Waals surface area contributed by atoms with Crippen molar-refractivity contribution in [3.8, 4) is 5.75 Å². The van der Waals surface area contributed by atoms with E-state index in [2.05, 4.69) is 24.1 Å². The molecule has 2 aromatic rings. The van der Waals surface area contributed by atoms with E-state index >= 15 is 0 Å². The van der Waals surface area contributed by atoms with Crippen LogP contribution in [-0.4, -0.2) is 23.5 Å². The number of rotatable bonds is 5. The topological polar surface area (TPSA) is 51.2 Å². The molecule has 0 aliphatic heterocycles. The fourth-order valence-electron chi connectivity index (χ4n) is 1.80. The number of nitrogens with zero attached hydrogens (tertiary/aromatic N) is 1. The number of ether oxygens (including phenoxy) is 1. The molecule has 0 saturated carbocycles. The van der Waals surface area contributed by atoms with Gasteiger partial charge in [-0.05, 0) is 25.0 Å². The minimum atomic E-state index is -0.112. The Bertz CT molecular complexity index is 591. The van der Waals surface area contributed by atoms with Gasteiger partial charge in [-0.1, -0.05) is 32.0 Å². The van der Waals surface area contributed by atoms with E-state index in [4.69, 9.17) is 4.74 Å². The summed E-state index contributed by atoms with van der Waals surface area (Å²) in [5.74, 6) is 0.924. The van der Waals surface area contributed by atoms with E-state index in [1.54, 1.807) is 6.20 Å². The molecule has 1 atom stereocenters. The summed E-state index contributed by atoms with van der Waals surface area (Å²) < 4.78 is 5.59. The highest BCUT2D eigenvalue weighted by Gasteiger charge is 2.12. The van der Waals surface area contributed by atoms with Crippen LogP contribution < -0.4 is 10.1 Å². The molecule has 1 aromatic heterocycles. The van der Waals surface area contributed by atoms with Crippen LogP contribution in [-0.2, 0) is 4.79 Å². The lowest BCUT2D eigenvalue weighted by Gasteiger charge is -2.17. The first-order valence-electron chi connectivity index (χ1n) is 6.84. The molecule has 1 heterocycles. The Hall–Kier alpha value is -2.10. The minimum absolute atomic E-state index is 0.00669. The zero-order chi connectivity index (χ0) is 14.5. The van der Waals surface area contributed by atoms with Crippen LogP contribution in [0, 0.1) is 5.92 Å². The number of hydrogen-bond donors (Lipinski definition) is 1. The average molecular weight is 272 g/mol. The number of hydrogen-bond acceptors (Lipinski definition) is 3. The molecule has 0 bridgehead atoms. The summed E-state index contributed by atoms with van der Waals surface area (Å²) in [6.45, 7) is 6.13. The second-order valence-corrected chi connectivity index (χ2v) is 5.22. The Balaban J connectivity index is 2.01. The molecule has 1 amide bonds. The van der Waals surface area contributed by atoms with E-state index < -0.39 is 0 Å². The van der Waals surface area contributed by atoms with Crippen LogP contribution in [0.15, 0.2) is 36.5 Å². The summed E-state index contributed by atoms with van der Waals surface area (Å²) in [6.07, 6.45) is 1.72. The van der Waals surface area contributed by atoms with Gasteiger partial charge in [0.15, 0.2) is 6.61 Å². The summed E-state index contributed by atoms with van der Waals surface area (Å²) in [7, 11) is 0. The smallest absolute Gasteiger partial charge is 0.258 e. The van der Waals surface area contributed by atoms with Gasteiger partial charge in [0.05, 0.1) is 0 Å². The molecule has 0 saturated heterocycles. The quantitative estimate of drug-likeness (QED) is 0.910. The van der Waals surface area contributed by atoms with Gasteiger partial charge in [0.1, 0.15) is 11.3 Å². The molecule has 20 heavy (non-hydrogen) atoms. The van der Waals surface area contributed by atoms with E-state index in [1.165, 1.54) is 0 Å². The predicted molar refractivity (Wildman–Crippen MR) is 79.7 cm³/mol. The second-order valence-electron chi connectivity index (χ2n) is 5.22. The number of carbonyl (C=O) groups is 1. The van der Waals surface area contributed by atoms with Gasteiger partial charge in [0.2, 0.25) is 0 Å². The molecule has 1 aromatic carbocycles. The maximum Gasteiger partial charge on any atom is 0.258 e. The van der Waals surface area contributed by atoms with Gasteiger partial charge < -0.3 is 10.1 Å². The lowest BCUT2D eigenvalue weighted by atomic mass is 10.1. The first kappa shape index (κ1) is 14.3. The third-order valence-electron chi connectivity index (χ3n) is 3.34. The molecule has 0 fully saturated rings. The van der Waals surface area contributed by atoms with Crippen molar-refractivity contribution in [3.05, 3.63) is 36.5 Å². The molecule has 0 aliphatic carbocycles. The summed E-state index contributed by atoms with van der Waals surface area (Å²) >= 11 is 0. The molecule has 4 heteroatoms. The highest BCUT2D eigenvalue weighted by Crippen LogP contribution is 2.22. The Labute approximate surface area is 119 Å². The predicted octanol–water partition coefficient (Wildman–Crippen LogP) is 2.77. The van der Waals surface area contributed by atoms with Gasteiger partial charge >= 0.3 is 0 Å². The zero-order valence-electron chi connectivity index (χ0n) is 12.1. The van der Waals surface area contributed by atoms with E-state index in [-0.39, 0.29) is 18.6 Å². The minimum Gasteiger partial charge on any atom is -0.481 e. The molecule has 2 rings (SSSR count). The fourth-order valence-corrected chi connectivity index (χ4v) is 1.80. The second kappa shape index (κ2) is 6.37. The summed E-state index contributed by atoms with van der Waals surface area (Å²) in [6, 6.07) is 9.68. The molecule has 0 spiro atoms. The van der Waals surface area contributed by atoms with Crippen LogP contribution in [0.5, 0.6) is 5.75 Å². The van der Waals surface area contributed by atoms with Crippen molar-refractivity contribution < 1.29 is 9.53 Å². The van der Waals surface area contributed by atoms with Gasteiger partial charge in [-0.15, -0.1) is 0 Å². The summed E-state index contributed by atoms with van der Waals surface area (Å²) in [4.78, 5) is 16.1. The average Bonchev–Trinajstić information content (AvgIpc) is 2.44. The zero-order valence-corrected chi connectivity index (χ0v) is 12.1. The van der Waals surface area contributed by atoms with Crippen molar-refractivity contribution in [1.29, 1.82) is 0 Å². The fraction of sp³-hybridized carbons (Fsp3) is 0.375. The van der Waals surface area contributed by atoms with Crippen LogP contribution in [0.4, 0.5) is 0 Å². The molecule has 0 aliphatic rings. The Kier molecular flexibility index (Phi) is 4.56. The molecule has 0 radical (unpaired) electrons. The van der Waals surface area contributed by atoms with Gasteiger partial charge in [-0.25, -0.2) is 0 Å². The van der Waals surface area contributed by atoms with Crippen LogP contribution >= 0.6 is 0 Å². The highest BCUT2D eigenvalue weighted by molar-refractivity contribution is 5.85. The molecule has 4 nitrogen and oxygen atoms in total. The van der Waals surface area contributed by atoms with Crippen molar-refractivity contribution in [2.24, 2.45) is 5.92 Å². The molecule has 1 N–H and O–H groups in total. The number of nitrogens with one attached hydrogen (secondary N) is 1. The van der Waals surface area contributed by atoms with Crippen molar-refractivity contribution in [3.63, 3.8) is 0 Å². The van der Waals surface area contributed by atoms with Gasteiger partial charge in [0.25, 0.3) is 5.91 Å². The van der Waals surface area contributed by atoms with Crippen molar-refractivity contribution >= 4 is 16.8 Å². The van der Waals surface area contributed by atoms with Crippen LogP contribution in [0.2, 0.25) is 0 Å². The maximum atomic E-state index is 11.8. The van der Waals surface area contributed by atoms with E-state index in [1.807, 2.05) is 37.3 Å². The number of para-hydroxylation sites is 1. The number of benzene rings is 1. The van der Waals surface area contributed by atoms with Crippen LogP contribution in [0.25, 0.3) is 10.9 Å². The van der Waals surface area contributed by atoms with Gasteiger partial charge in [-0.3, -0.25) is 9.78 Å². The largest absolute Gasteiger partial charge is 0.481 e. The number of amides is 1. The maximum absolute atomic E-state index is 11.8. The number of pyridine rings is 1. The SMILES string of the molecule is CC(C)[C@@H](C)NC(=O)COc1cccc2cccnc12. The Morgan fingerprint density at radius 1 is 1.25 bits per heavy atom. The van der Waals surface area contributed by atoms with E-state index in [0.29, 0.717) is 11.7 Å². The molecular formula is C16H20N2O2. The first-order valence-corrected chi connectivity index (χ1v) is 6.84. The van der Waals surface area contributed by atoms with Gasteiger partial charge in [0, 0.05) is 17.6 Å². The lowest BCUT2D eigenvalue weighted by Crippen LogP contribution is -2.38.